The van der Waals surface area contributed by atoms with E-state index in [0.29, 0.717) is 5.69 Å². The molecule has 2 fully saturated rings. The molecule has 0 spiro atoms. The van der Waals surface area contributed by atoms with Gasteiger partial charge in [-0.3, -0.25) is 14.4 Å². The number of fused-ring (bicyclic) bond motifs is 1. The molecule has 2 heterocycles. The van der Waals surface area contributed by atoms with Gasteiger partial charge in [0.1, 0.15) is 11.7 Å². The number of halogens is 1. The van der Waals surface area contributed by atoms with Crippen molar-refractivity contribution in [3.05, 3.63) is 95.3 Å². The molecule has 2 aliphatic rings. The van der Waals surface area contributed by atoms with Gasteiger partial charge in [-0.25, -0.2) is 14.4 Å². The zero-order chi connectivity index (χ0) is 21.7. The van der Waals surface area contributed by atoms with Crippen LogP contribution in [0.15, 0.2) is 72.8 Å². The van der Waals surface area contributed by atoms with Crippen LogP contribution in [0.3, 0.4) is 0 Å². The molecule has 5 nitrogen and oxygen atoms in total. The number of hydrogen-bond acceptors (Lipinski definition) is 4. The normalized spacial score (nSPS) is 22.9. The highest BCUT2D eigenvalue weighted by Gasteiger charge is 2.60. The third kappa shape index (κ3) is 3.11. The highest BCUT2D eigenvalue weighted by atomic mass is 19.1. The van der Waals surface area contributed by atoms with Crippen LogP contribution in [0.25, 0.3) is 0 Å². The summed E-state index contributed by atoms with van der Waals surface area (Å²) in [5, 5.41) is 1.69. The summed E-state index contributed by atoms with van der Waals surface area (Å²) in [6, 6.07) is 20.4. The molecule has 3 atom stereocenters. The van der Waals surface area contributed by atoms with Crippen molar-refractivity contribution in [1.82, 2.24) is 0 Å². The molecule has 0 saturated carbocycles. The van der Waals surface area contributed by atoms with E-state index in [1.807, 2.05) is 56.3 Å². The topological polar surface area (TPSA) is 49.9 Å². The number of imide groups is 1. The number of para-hydroxylation sites is 1. The molecular formula is C25H21FN2O3. The second kappa shape index (κ2) is 7.32. The quantitative estimate of drug-likeness (QED) is 0.590. The molecule has 5 rings (SSSR count). The Morgan fingerprint density at radius 2 is 1.55 bits per heavy atom. The highest BCUT2D eigenvalue weighted by molar-refractivity contribution is 6.23. The fraction of sp³-hybridized carbons (Fsp3) is 0.200. The largest absolute Gasteiger partial charge is 0.273 e. The summed E-state index contributed by atoms with van der Waals surface area (Å²) < 4.78 is 13.4. The van der Waals surface area contributed by atoms with E-state index in [-0.39, 0.29) is 5.91 Å². The lowest BCUT2D eigenvalue weighted by Crippen LogP contribution is -2.37. The summed E-state index contributed by atoms with van der Waals surface area (Å²) >= 11 is 0. The lowest BCUT2D eigenvalue weighted by atomic mass is 9.87. The van der Waals surface area contributed by atoms with Crippen LogP contribution in [-0.4, -0.2) is 17.9 Å². The van der Waals surface area contributed by atoms with E-state index in [2.05, 4.69) is 6.07 Å². The van der Waals surface area contributed by atoms with Crippen molar-refractivity contribution >= 4 is 23.2 Å². The van der Waals surface area contributed by atoms with Crippen molar-refractivity contribution in [2.24, 2.45) is 5.92 Å². The summed E-state index contributed by atoms with van der Waals surface area (Å²) in [5.41, 5.74) is 4.19. The minimum Gasteiger partial charge on any atom is -0.273 e. The summed E-state index contributed by atoms with van der Waals surface area (Å²) in [5.74, 6) is -1.92. The first-order chi connectivity index (χ1) is 15.0. The van der Waals surface area contributed by atoms with E-state index < -0.39 is 29.8 Å². The van der Waals surface area contributed by atoms with Crippen LogP contribution in [0, 0.1) is 25.6 Å². The number of benzene rings is 3. The Balaban J connectivity index is 1.61. The van der Waals surface area contributed by atoms with Crippen molar-refractivity contribution in [3.63, 3.8) is 0 Å². The lowest BCUT2D eigenvalue weighted by molar-refractivity contribution is -0.126. The Labute approximate surface area is 179 Å². The lowest BCUT2D eigenvalue weighted by Gasteiger charge is -2.29. The van der Waals surface area contributed by atoms with E-state index in [9.17, 15) is 14.0 Å². The Morgan fingerprint density at radius 3 is 2.23 bits per heavy atom. The van der Waals surface area contributed by atoms with Crippen LogP contribution in [-0.2, 0) is 14.4 Å². The van der Waals surface area contributed by atoms with Gasteiger partial charge < -0.3 is 0 Å². The SMILES string of the molecule is Cc1ccc([C@H]2[C@@H]3C(=O)N(c4ccc(F)cc4)C(=O)[C@@H]3ON2c2ccccc2)c(C)c1. The van der Waals surface area contributed by atoms with Crippen LogP contribution in [0.4, 0.5) is 15.8 Å². The van der Waals surface area contributed by atoms with E-state index in [4.69, 9.17) is 4.84 Å². The molecule has 2 amide bonds. The van der Waals surface area contributed by atoms with Crippen molar-refractivity contribution in [2.75, 3.05) is 9.96 Å². The van der Waals surface area contributed by atoms with Gasteiger partial charge in [0, 0.05) is 0 Å². The molecule has 6 heteroatoms. The molecule has 0 aromatic heterocycles. The van der Waals surface area contributed by atoms with Gasteiger partial charge >= 0.3 is 0 Å². The van der Waals surface area contributed by atoms with Gasteiger partial charge in [0.2, 0.25) is 5.91 Å². The first kappa shape index (κ1) is 19.5. The van der Waals surface area contributed by atoms with Gasteiger partial charge in [0.05, 0.1) is 17.4 Å². The molecule has 0 aliphatic carbocycles. The first-order valence-electron chi connectivity index (χ1n) is 10.2. The minimum atomic E-state index is -0.941. The smallest absolute Gasteiger partial charge is 0.266 e. The number of carbonyl (C=O) groups excluding carboxylic acids is 2. The number of aryl methyl sites for hydroxylation is 2. The van der Waals surface area contributed by atoms with Crippen molar-refractivity contribution in [3.8, 4) is 0 Å². The number of amides is 2. The molecule has 2 saturated heterocycles. The summed E-state index contributed by atoms with van der Waals surface area (Å²) in [6.45, 7) is 4.01. The molecule has 31 heavy (non-hydrogen) atoms. The van der Waals surface area contributed by atoms with E-state index in [0.717, 1.165) is 27.3 Å². The van der Waals surface area contributed by atoms with Crippen molar-refractivity contribution < 1.29 is 18.8 Å². The van der Waals surface area contributed by atoms with Crippen LogP contribution in [0.1, 0.15) is 22.7 Å². The third-order valence-corrected chi connectivity index (χ3v) is 5.95. The third-order valence-electron chi connectivity index (χ3n) is 5.95. The maximum Gasteiger partial charge on any atom is 0.266 e. The summed E-state index contributed by atoms with van der Waals surface area (Å²) in [6.07, 6.45) is -0.941. The first-order valence-corrected chi connectivity index (χ1v) is 10.2. The molecule has 0 N–H and O–H groups in total. The maximum atomic E-state index is 13.5. The predicted octanol–water partition coefficient (Wildman–Crippen LogP) is 4.49. The number of hydroxylamine groups is 1. The predicted molar refractivity (Wildman–Crippen MR) is 115 cm³/mol. The maximum absolute atomic E-state index is 13.5. The molecule has 2 aliphatic heterocycles. The fourth-order valence-electron chi connectivity index (χ4n) is 4.53. The van der Waals surface area contributed by atoms with Crippen molar-refractivity contribution in [2.45, 2.75) is 26.0 Å². The van der Waals surface area contributed by atoms with E-state index in [1.54, 1.807) is 5.06 Å². The number of rotatable bonds is 3. The zero-order valence-corrected chi connectivity index (χ0v) is 17.2. The summed E-state index contributed by atoms with van der Waals surface area (Å²) in [4.78, 5) is 34.0. The highest BCUT2D eigenvalue weighted by Crippen LogP contribution is 2.48. The van der Waals surface area contributed by atoms with Gasteiger partial charge in [-0.2, -0.15) is 0 Å². The Hall–Kier alpha value is -3.51. The number of hydrogen-bond donors (Lipinski definition) is 0. The average molecular weight is 416 g/mol. The van der Waals surface area contributed by atoms with Crippen LogP contribution >= 0.6 is 0 Å². The molecular weight excluding hydrogens is 395 g/mol. The van der Waals surface area contributed by atoms with E-state index >= 15 is 0 Å². The Bertz CT molecular complexity index is 1160. The fourth-order valence-corrected chi connectivity index (χ4v) is 4.53. The molecule has 3 aromatic carbocycles. The van der Waals surface area contributed by atoms with Crippen LogP contribution in [0.5, 0.6) is 0 Å². The standard InChI is InChI=1S/C25H21FN2O3/c1-15-8-13-20(16(2)14-15)22-21-23(31-28(22)19-6-4-3-5-7-19)25(30)27(24(21)29)18-11-9-17(26)10-12-18/h3-14,21-23H,1-2H3/t21-,22-,23+/m0/s1. The van der Waals surface area contributed by atoms with E-state index in [1.165, 1.54) is 24.3 Å². The molecule has 0 radical (unpaired) electrons. The molecule has 0 unspecified atom stereocenters. The molecule has 0 bridgehead atoms. The Kier molecular flexibility index (Phi) is 4.59. The van der Waals surface area contributed by atoms with Crippen LogP contribution in [0.2, 0.25) is 0 Å². The van der Waals surface area contributed by atoms with Gasteiger partial charge in [0.25, 0.3) is 5.91 Å². The molecule has 3 aromatic rings. The van der Waals surface area contributed by atoms with Gasteiger partial charge in [-0.05, 0) is 61.4 Å². The second-order valence-electron chi connectivity index (χ2n) is 8.01. The zero-order valence-electron chi connectivity index (χ0n) is 17.2. The van der Waals surface area contributed by atoms with Crippen LogP contribution < -0.4 is 9.96 Å². The monoisotopic (exact) mass is 416 g/mol. The average Bonchev–Trinajstić information content (AvgIpc) is 3.26. The number of nitrogens with zero attached hydrogens (tertiary/aromatic N) is 2. The van der Waals surface area contributed by atoms with Gasteiger partial charge in [-0.15, -0.1) is 0 Å². The Morgan fingerprint density at radius 1 is 0.839 bits per heavy atom. The number of carbonyl (C=O) groups is 2. The second-order valence-corrected chi connectivity index (χ2v) is 8.01. The van der Waals surface area contributed by atoms with Gasteiger partial charge in [-0.1, -0.05) is 42.0 Å². The minimum absolute atomic E-state index is 0.343. The molecule has 156 valence electrons. The van der Waals surface area contributed by atoms with Gasteiger partial charge in [0.15, 0.2) is 6.10 Å². The summed E-state index contributed by atoms with van der Waals surface area (Å²) in [7, 11) is 0. The number of anilines is 2. The van der Waals surface area contributed by atoms with Crippen molar-refractivity contribution in [1.29, 1.82) is 0 Å².